The van der Waals surface area contributed by atoms with Gasteiger partial charge >= 0.3 is 5.97 Å². The molecule has 2 atom stereocenters. The second kappa shape index (κ2) is 7.33. The van der Waals surface area contributed by atoms with Gasteiger partial charge < -0.3 is 10.1 Å². The van der Waals surface area contributed by atoms with Crippen LogP contribution in [-0.2, 0) is 9.53 Å². The van der Waals surface area contributed by atoms with Gasteiger partial charge in [-0.05, 0) is 31.8 Å². The zero-order valence-corrected chi connectivity index (χ0v) is 11.1. The highest BCUT2D eigenvalue weighted by Crippen LogP contribution is 2.25. The van der Waals surface area contributed by atoms with E-state index >= 15 is 0 Å². The van der Waals surface area contributed by atoms with Crippen molar-refractivity contribution in [2.45, 2.75) is 6.92 Å². The van der Waals surface area contributed by atoms with Crippen molar-refractivity contribution in [1.29, 1.82) is 0 Å². The van der Waals surface area contributed by atoms with E-state index in [-0.39, 0.29) is 30.8 Å². The molecule has 0 saturated carbocycles. The summed E-state index contributed by atoms with van der Waals surface area (Å²) in [6.07, 6.45) is 0. The highest BCUT2D eigenvalue weighted by Gasteiger charge is 2.36. The van der Waals surface area contributed by atoms with E-state index in [9.17, 15) is 4.79 Å². The molecule has 2 heterocycles. The molecule has 0 aliphatic carbocycles. The van der Waals surface area contributed by atoms with Gasteiger partial charge in [0.05, 0.1) is 13.2 Å². The molecule has 2 rings (SSSR count). The second-order valence-corrected chi connectivity index (χ2v) is 4.18. The van der Waals surface area contributed by atoms with Crippen molar-refractivity contribution in [1.82, 2.24) is 10.2 Å². The number of nitrogens with zero attached hydrogens (tertiary/aromatic N) is 1. The highest BCUT2D eigenvalue weighted by molar-refractivity contribution is 5.85. The van der Waals surface area contributed by atoms with E-state index < -0.39 is 0 Å². The average Bonchev–Trinajstić information content (AvgIpc) is 2.63. The Morgan fingerprint density at radius 3 is 2.38 bits per heavy atom. The van der Waals surface area contributed by atoms with E-state index in [2.05, 4.69) is 10.2 Å². The van der Waals surface area contributed by atoms with E-state index in [0.717, 1.165) is 38.0 Å². The van der Waals surface area contributed by atoms with E-state index in [1.807, 2.05) is 6.92 Å². The lowest BCUT2D eigenvalue weighted by Gasteiger charge is -2.15. The van der Waals surface area contributed by atoms with Gasteiger partial charge in [0.1, 0.15) is 0 Å². The quantitative estimate of drug-likeness (QED) is 0.761. The van der Waals surface area contributed by atoms with Gasteiger partial charge in [-0.3, -0.25) is 9.69 Å². The summed E-state index contributed by atoms with van der Waals surface area (Å²) in [6.45, 7) is 7.14. The van der Waals surface area contributed by atoms with Crippen molar-refractivity contribution in [3.8, 4) is 0 Å². The Hall–Kier alpha value is -0.0300. The van der Waals surface area contributed by atoms with Crippen molar-refractivity contribution in [2.24, 2.45) is 11.8 Å². The molecule has 0 unspecified atom stereocenters. The molecule has 96 valence electrons. The maximum atomic E-state index is 11.2. The number of fused-ring (bicyclic) bond motifs is 1. The van der Waals surface area contributed by atoms with Gasteiger partial charge in [0.15, 0.2) is 0 Å². The molecule has 2 fully saturated rings. The number of likely N-dealkylation sites (tertiary alicyclic amines) is 1. The summed E-state index contributed by atoms with van der Waals surface area (Å²) < 4.78 is 4.93. The summed E-state index contributed by atoms with van der Waals surface area (Å²) in [6, 6.07) is 0. The maximum absolute atomic E-state index is 11.2. The van der Waals surface area contributed by atoms with Crippen molar-refractivity contribution < 1.29 is 9.53 Å². The Morgan fingerprint density at radius 1 is 1.31 bits per heavy atom. The van der Waals surface area contributed by atoms with Crippen molar-refractivity contribution in [3.63, 3.8) is 0 Å². The minimum Gasteiger partial charge on any atom is -0.465 e. The van der Waals surface area contributed by atoms with Crippen LogP contribution in [0, 0.1) is 11.8 Å². The van der Waals surface area contributed by atoms with Crippen LogP contribution in [0.3, 0.4) is 0 Å². The summed E-state index contributed by atoms with van der Waals surface area (Å²) in [5.41, 5.74) is 0. The average molecular weight is 271 g/mol. The van der Waals surface area contributed by atoms with Crippen molar-refractivity contribution >= 4 is 30.8 Å². The first kappa shape index (κ1) is 16.0. The lowest BCUT2D eigenvalue weighted by molar-refractivity contribution is -0.144. The Kier molecular flexibility index (Phi) is 7.31. The topological polar surface area (TPSA) is 41.6 Å². The predicted molar refractivity (Wildman–Crippen MR) is 67.4 cm³/mol. The van der Waals surface area contributed by atoms with Crippen LogP contribution in [0.2, 0.25) is 0 Å². The lowest BCUT2D eigenvalue weighted by atomic mass is 10.0. The number of nitrogens with one attached hydrogen (secondary N) is 1. The van der Waals surface area contributed by atoms with E-state index in [4.69, 9.17) is 4.74 Å². The molecule has 2 aliphatic rings. The van der Waals surface area contributed by atoms with Crippen LogP contribution in [-0.4, -0.2) is 50.2 Å². The summed E-state index contributed by atoms with van der Waals surface area (Å²) >= 11 is 0. The van der Waals surface area contributed by atoms with Gasteiger partial charge in [-0.25, -0.2) is 0 Å². The zero-order chi connectivity index (χ0) is 9.97. The number of ether oxygens (including phenoxy) is 1. The second-order valence-electron chi connectivity index (χ2n) is 4.18. The van der Waals surface area contributed by atoms with Crippen LogP contribution in [0.1, 0.15) is 6.92 Å². The molecule has 16 heavy (non-hydrogen) atoms. The normalized spacial score (nSPS) is 27.8. The minimum atomic E-state index is -0.0829. The van der Waals surface area contributed by atoms with Gasteiger partial charge in [-0.2, -0.15) is 0 Å². The fourth-order valence-corrected chi connectivity index (χ4v) is 2.47. The number of esters is 1. The third-order valence-corrected chi connectivity index (χ3v) is 3.12. The first-order valence-electron chi connectivity index (χ1n) is 5.38. The molecule has 0 aromatic rings. The van der Waals surface area contributed by atoms with Crippen LogP contribution in [0.25, 0.3) is 0 Å². The Balaban J connectivity index is 0.00000112. The third-order valence-electron chi connectivity index (χ3n) is 3.12. The number of carbonyl (C=O) groups excluding carboxylic acids is 1. The monoisotopic (exact) mass is 270 g/mol. The minimum absolute atomic E-state index is 0. The molecule has 1 N–H and O–H groups in total. The lowest BCUT2D eigenvalue weighted by Crippen LogP contribution is -2.31. The Bertz CT molecular complexity index is 217. The molecule has 0 aromatic heterocycles. The van der Waals surface area contributed by atoms with Crippen LogP contribution in [0.4, 0.5) is 0 Å². The summed E-state index contributed by atoms with van der Waals surface area (Å²) in [5, 5.41) is 3.38. The Morgan fingerprint density at radius 2 is 1.88 bits per heavy atom. The van der Waals surface area contributed by atoms with Crippen molar-refractivity contribution in [3.05, 3.63) is 0 Å². The van der Waals surface area contributed by atoms with Gasteiger partial charge in [-0.1, -0.05) is 0 Å². The van der Waals surface area contributed by atoms with Gasteiger partial charge in [0.2, 0.25) is 0 Å². The molecule has 4 nitrogen and oxygen atoms in total. The van der Waals surface area contributed by atoms with Crippen LogP contribution < -0.4 is 5.32 Å². The molecule has 0 aromatic carbocycles. The standard InChI is InChI=1S/C10H18N2O2.2ClH/c1-2-14-10(13)7-12-5-8-3-11-4-9(8)6-12;;/h8-9,11H,2-7H2,1H3;2*1H/t8-,9+;;. The van der Waals surface area contributed by atoms with Crippen LogP contribution >= 0.6 is 24.8 Å². The number of carbonyl (C=O) groups is 1. The molecule has 6 heteroatoms. The number of rotatable bonds is 3. The number of halogens is 2. The van der Waals surface area contributed by atoms with Gasteiger partial charge in [0, 0.05) is 13.1 Å². The van der Waals surface area contributed by atoms with E-state index in [1.54, 1.807) is 0 Å². The highest BCUT2D eigenvalue weighted by atomic mass is 35.5. The zero-order valence-electron chi connectivity index (χ0n) is 9.48. The molecule has 2 saturated heterocycles. The van der Waals surface area contributed by atoms with E-state index in [1.165, 1.54) is 0 Å². The fraction of sp³-hybridized carbons (Fsp3) is 0.900. The Labute approximate surface area is 109 Å². The van der Waals surface area contributed by atoms with Gasteiger partial charge in [-0.15, -0.1) is 24.8 Å². The smallest absolute Gasteiger partial charge is 0.320 e. The number of hydrogen-bond acceptors (Lipinski definition) is 4. The predicted octanol–water partition coefficient (Wildman–Crippen LogP) is 0.544. The first-order valence-corrected chi connectivity index (χ1v) is 5.38. The molecule has 0 amide bonds. The fourth-order valence-electron chi connectivity index (χ4n) is 2.47. The largest absolute Gasteiger partial charge is 0.465 e. The number of hydrogen-bond donors (Lipinski definition) is 1. The summed E-state index contributed by atoms with van der Waals surface area (Å²) in [4.78, 5) is 13.5. The molecule has 0 bridgehead atoms. The first-order chi connectivity index (χ1) is 6.79. The van der Waals surface area contributed by atoms with Crippen LogP contribution in [0.15, 0.2) is 0 Å². The maximum Gasteiger partial charge on any atom is 0.320 e. The molecular weight excluding hydrogens is 251 g/mol. The summed E-state index contributed by atoms with van der Waals surface area (Å²) in [5.74, 6) is 1.43. The van der Waals surface area contributed by atoms with Crippen molar-refractivity contribution in [2.75, 3.05) is 39.3 Å². The molecule has 0 radical (unpaired) electrons. The van der Waals surface area contributed by atoms with E-state index in [0.29, 0.717) is 13.2 Å². The van der Waals surface area contributed by atoms with Gasteiger partial charge in [0.25, 0.3) is 0 Å². The third kappa shape index (κ3) is 3.77. The summed E-state index contributed by atoms with van der Waals surface area (Å²) in [7, 11) is 0. The molecule has 2 aliphatic heterocycles. The molecular formula is C10H20Cl2N2O2. The molecule has 0 spiro atoms. The van der Waals surface area contributed by atoms with Crippen LogP contribution in [0.5, 0.6) is 0 Å². The SMILES string of the molecule is CCOC(=O)CN1C[C@H]2CNC[C@H]2C1.Cl.Cl.